The van der Waals surface area contributed by atoms with E-state index >= 15 is 0 Å². The number of fused-ring (bicyclic) bond motifs is 1. The molecule has 0 bridgehead atoms. The van der Waals surface area contributed by atoms with Crippen LogP contribution in [-0.4, -0.2) is 29.3 Å². The number of aliphatic hydroxyl groups is 1. The molecule has 27 heavy (non-hydrogen) atoms. The smallest absolute Gasteiger partial charge is 0.144 e. The lowest BCUT2D eigenvalue weighted by Crippen LogP contribution is -2.01. The van der Waals surface area contributed by atoms with E-state index in [1.54, 1.807) is 13.1 Å². The van der Waals surface area contributed by atoms with E-state index in [-0.39, 0.29) is 0 Å². The fourth-order valence-corrected chi connectivity index (χ4v) is 3.54. The van der Waals surface area contributed by atoms with Gasteiger partial charge in [-0.1, -0.05) is 0 Å². The first-order valence-electron chi connectivity index (χ1n) is 8.85. The van der Waals surface area contributed by atoms with Crippen LogP contribution in [0.4, 0.5) is 0 Å². The van der Waals surface area contributed by atoms with Crippen LogP contribution in [0.25, 0.3) is 28.1 Å². The number of nitrogens with zero attached hydrogens (tertiary/aromatic N) is 4. The number of hydrogen-bond acceptors (Lipinski definition) is 4. The van der Waals surface area contributed by atoms with E-state index in [1.807, 2.05) is 66.6 Å². The molecular formula is C21H22N4O2. The molecule has 0 amide bonds. The molecule has 138 valence electrons. The lowest BCUT2D eigenvalue weighted by molar-refractivity contribution is 0.186. The average molecular weight is 362 g/mol. The summed E-state index contributed by atoms with van der Waals surface area (Å²) in [5, 5.41) is 20.0. The first-order chi connectivity index (χ1) is 12.9. The molecule has 0 aliphatic heterocycles. The molecule has 2 N–H and O–H groups in total. The highest BCUT2D eigenvalue weighted by molar-refractivity contribution is 5.79. The standard InChI is InChI=1S/C21H22N4O2/c1-12-9-15(10-13(2)19(12)27)21-22-7-8-25(21)16-5-6-18-17(11-16)23-20(14(3)26)24(18)4/h5-11,14,26-27H,1-4H3. The number of aryl methyl sites for hydroxylation is 3. The predicted molar refractivity (Wildman–Crippen MR) is 105 cm³/mol. The van der Waals surface area contributed by atoms with Gasteiger partial charge in [0.05, 0.1) is 11.0 Å². The van der Waals surface area contributed by atoms with E-state index in [2.05, 4.69) is 9.97 Å². The molecular weight excluding hydrogens is 340 g/mol. The molecule has 0 saturated carbocycles. The van der Waals surface area contributed by atoms with E-state index < -0.39 is 6.10 Å². The Balaban J connectivity index is 1.85. The Morgan fingerprint density at radius 3 is 2.44 bits per heavy atom. The summed E-state index contributed by atoms with van der Waals surface area (Å²) in [6.45, 7) is 5.48. The van der Waals surface area contributed by atoms with E-state index in [0.29, 0.717) is 11.6 Å². The number of phenolic OH excluding ortho intramolecular Hbond substituents is 1. The Kier molecular flexibility index (Phi) is 4.00. The zero-order valence-corrected chi connectivity index (χ0v) is 15.8. The lowest BCUT2D eigenvalue weighted by Gasteiger charge is -2.11. The number of hydrogen-bond donors (Lipinski definition) is 2. The van der Waals surface area contributed by atoms with Gasteiger partial charge >= 0.3 is 0 Å². The van der Waals surface area contributed by atoms with Crippen molar-refractivity contribution in [3.63, 3.8) is 0 Å². The molecule has 4 rings (SSSR count). The van der Waals surface area contributed by atoms with Crippen LogP contribution in [0.3, 0.4) is 0 Å². The number of aromatic hydroxyl groups is 1. The minimum Gasteiger partial charge on any atom is -0.507 e. The molecule has 6 nitrogen and oxygen atoms in total. The normalized spacial score (nSPS) is 12.6. The Labute approximate surface area is 157 Å². The fourth-order valence-electron chi connectivity index (χ4n) is 3.54. The van der Waals surface area contributed by atoms with E-state index in [4.69, 9.17) is 0 Å². The molecule has 0 spiro atoms. The zero-order chi connectivity index (χ0) is 19.3. The summed E-state index contributed by atoms with van der Waals surface area (Å²) in [5.41, 5.74) is 5.31. The summed E-state index contributed by atoms with van der Waals surface area (Å²) in [4.78, 5) is 9.09. The average Bonchev–Trinajstić information content (AvgIpc) is 3.24. The Hall–Kier alpha value is -3.12. The molecule has 6 heteroatoms. The van der Waals surface area contributed by atoms with E-state index in [0.717, 1.165) is 39.2 Å². The summed E-state index contributed by atoms with van der Waals surface area (Å²) in [6.07, 6.45) is 3.04. The maximum absolute atomic E-state index is 10.0. The van der Waals surface area contributed by atoms with Gasteiger partial charge in [0.2, 0.25) is 0 Å². The summed E-state index contributed by atoms with van der Waals surface area (Å²) in [7, 11) is 1.90. The van der Waals surface area contributed by atoms with Gasteiger partial charge in [0.15, 0.2) is 0 Å². The van der Waals surface area contributed by atoms with Crippen molar-refractivity contribution in [3.05, 3.63) is 59.7 Å². The van der Waals surface area contributed by atoms with Crippen LogP contribution in [0, 0.1) is 13.8 Å². The monoisotopic (exact) mass is 362 g/mol. The Morgan fingerprint density at radius 2 is 1.78 bits per heavy atom. The predicted octanol–water partition coefficient (Wildman–Crippen LogP) is 3.80. The van der Waals surface area contributed by atoms with Gasteiger partial charge < -0.3 is 14.8 Å². The maximum atomic E-state index is 10.0. The summed E-state index contributed by atoms with van der Waals surface area (Å²) >= 11 is 0. The molecule has 1 atom stereocenters. The van der Waals surface area contributed by atoms with Crippen LogP contribution in [0.1, 0.15) is 30.0 Å². The van der Waals surface area contributed by atoms with Crippen LogP contribution in [-0.2, 0) is 7.05 Å². The van der Waals surface area contributed by atoms with Gasteiger partial charge in [-0.15, -0.1) is 0 Å². The molecule has 0 fully saturated rings. The highest BCUT2D eigenvalue weighted by Crippen LogP contribution is 2.30. The van der Waals surface area contributed by atoms with Crippen molar-refractivity contribution < 1.29 is 10.2 Å². The van der Waals surface area contributed by atoms with Gasteiger partial charge in [0.1, 0.15) is 23.5 Å². The number of aromatic nitrogens is 4. The Morgan fingerprint density at radius 1 is 1.07 bits per heavy atom. The van der Waals surface area contributed by atoms with Gasteiger partial charge in [0.25, 0.3) is 0 Å². The second-order valence-corrected chi connectivity index (χ2v) is 6.96. The van der Waals surface area contributed by atoms with E-state index in [1.165, 1.54) is 0 Å². The molecule has 4 aromatic rings. The van der Waals surface area contributed by atoms with Crippen LogP contribution < -0.4 is 0 Å². The van der Waals surface area contributed by atoms with E-state index in [9.17, 15) is 10.2 Å². The highest BCUT2D eigenvalue weighted by Gasteiger charge is 2.15. The molecule has 0 aliphatic carbocycles. The van der Waals surface area contributed by atoms with Crippen LogP contribution in [0.5, 0.6) is 5.75 Å². The van der Waals surface area contributed by atoms with Crippen molar-refractivity contribution in [3.8, 4) is 22.8 Å². The molecule has 0 saturated heterocycles. The third-order valence-electron chi connectivity index (χ3n) is 4.94. The molecule has 0 radical (unpaired) electrons. The maximum Gasteiger partial charge on any atom is 0.144 e. The topological polar surface area (TPSA) is 76.1 Å². The number of imidazole rings is 2. The minimum absolute atomic E-state index is 0.317. The molecule has 2 aromatic carbocycles. The minimum atomic E-state index is -0.627. The van der Waals surface area contributed by atoms with Gasteiger partial charge in [-0.2, -0.15) is 0 Å². The quantitative estimate of drug-likeness (QED) is 0.581. The van der Waals surface area contributed by atoms with Gasteiger partial charge in [-0.25, -0.2) is 9.97 Å². The number of benzene rings is 2. The summed E-state index contributed by atoms with van der Waals surface area (Å²) in [5.74, 6) is 1.75. The van der Waals surface area contributed by atoms with Crippen molar-refractivity contribution in [1.29, 1.82) is 0 Å². The van der Waals surface area contributed by atoms with Crippen molar-refractivity contribution in [2.75, 3.05) is 0 Å². The van der Waals surface area contributed by atoms with Crippen LogP contribution in [0.15, 0.2) is 42.7 Å². The summed E-state index contributed by atoms with van der Waals surface area (Å²) in [6, 6.07) is 9.88. The molecule has 2 aromatic heterocycles. The number of phenols is 1. The van der Waals surface area contributed by atoms with Crippen LogP contribution in [0.2, 0.25) is 0 Å². The molecule has 1 unspecified atom stereocenters. The largest absolute Gasteiger partial charge is 0.507 e. The SMILES string of the molecule is Cc1cc(-c2nccn2-c2ccc3c(c2)nc(C(C)O)n3C)cc(C)c1O. The number of rotatable bonds is 3. The Bertz CT molecular complexity index is 1130. The third kappa shape index (κ3) is 2.78. The second-order valence-electron chi connectivity index (χ2n) is 6.96. The third-order valence-corrected chi connectivity index (χ3v) is 4.94. The van der Waals surface area contributed by atoms with Crippen molar-refractivity contribution in [2.45, 2.75) is 26.9 Å². The van der Waals surface area contributed by atoms with Gasteiger partial charge in [-0.05, 0) is 62.2 Å². The van der Waals surface area contributed by atoms with Crippen molar-refractivity contribution >= 4 is 11.0 Å². The van der Waals surface area contributed by atoms with Crippen LogP contribution >= 0.6 is 0 Å². The fraction of sp³-hybridized carbons (Fsp3) is 0.238. The first kappa shape index (κ1) is 17.3. The lowest BCUT2D eigenvalue weighted by atomic mass is 10.1. The second kappa shape index (κ2) is 6.25. The van der Waals surface area contributed by atoms with Gasteiger partial charge in [-0.3, -0.25) is 4.57 Å². The van der Waals surface area contributed by atoms with Gasteiger partial charge in [0, 0.05) is 30.7 Å². The highest BCUT2D eigenvalue weighted by atomic mass is 16.3. The molecule has 0 aliphatic rings. The number of aliphatic hydroxyl groups excluding tert-OH is 1. The van der Waals surface area contributed by atoms with Crippen molar-refractivity contribution in [1.82, 2.24) is 19.1 Å². The zero-order valence-electron chi connectivity index (χ0n) is 15.8. The van der Waals surface area contributed by atoms with Crippen molar-refractivity contribution in [2.24, 2.45) is 7.05 Å². The molecule has 2 heterocycles. The first-order valence-corrected chi connectivity index (χ1v) is 8.85. The summed E-state index contributed by atoms with van der Waals surface area (Å²) < 4.78 is 3.91.